The third kappa shape index (κ3) is 14.2. The molecule has 0 aromatic heterocycles. The Morgan fingerprint density at radius 2 is 1.19 bits per heavy atom. The summed E-state index contributed by atoms with van der Waals surface area (Å²) in [6.07, 6.45) is -1.08. The minimum Gasteiger partial charge on any atom is -0.481 e. The molecule has 1 fully saturated rings. The average Bonchev–Trinajstić information content (AvgIpc) is 3.21. The molecule has 0 saturated heterocycles. The Morgan fingerprint density at radius 1 is 0.672 bits per heavy atom. The second-order valence-electron chi connectivity index (χ2n) is 14.5. The van der Waals surface area contributed by atoms with Crippen LogP contribution < -0.4 is 26.6 Å². The van der Waals surface area contributed by atoms with E-state index in [4.69, 9.17) is 0 Å². The fraction of sp³-hybridized carbons (Fsp3) is 0.419. The minimum absolute atomic E-state index is 0.0472. The number of alkyl halides is 2. The largest absolute Gasteiger partial charge is 0.481 e. The molecule has 4 atom stereocenters. The number of carbonyl (C=O) groups is 7. The van der Waals surface area contributed by atoms with Gasteiger partial charge in [-0.3, -0.25) is 33.6 Å². The molecule has 3 aromatic carbocycles. The maximum atomic E-state index is 14.2. The molecule has 5 amide bonds. The molecule has 6 N–H and O–H groups in total. The minimum atomic E-state index is -3.08. The van der Waals surface area contributed by atoms with Crippen molar-refractivity contribution < 1.29 is 47.4 Å². The van der Waals surface area contributed by atoms with E-state index in [0.717, 1.165) is 19.3 Å². The molecule has 3 aromatic rings. The Labute approximate surface area is 336 Å². The summed E-state index contributed by atoms with van der Waals surface area (Å²) in [6.45, 7) is 1.17. The van der Waals surface area contributed by atoms with Gasteiger partial charge in [-0.05, 0) is 35.4 Å². The van der Waals surface area contributed by atoms with Crippen LogP contribution in [-0.4, -0.2) is 77.0 Å². The maximum Gasteiger partial charge on any atom is 0.303 e. The van der Waals surface area contributed by atoms with Gasteiger partial charge in [-0.25, -0.2) is 8.78 Å². The normalized spacial score (nSPS) is 15.0. The van der Waals surface area contributed by atoms with Crippen molar-refractivity contribution in [3.8, 4) is 0 Å². The molecular weight excluding hydrogens is 752 g/mol. The van der Waals surface area contributed by atoms with Gasteiger partial charge in [0.05, 0.1) is 0 Å². The van der Waals surface area contributed by atoms with Gasteiger partial charge in [0.2, 0.25) is 35.8 Å². The van der Waals surface area contributed by atoms with Crippen LogP contribution in [0.3, 0.4) is 0 Å². The molecule has 58 heavy (non-hydrogen) atoms. The summed E-state index contributed by atoms with van der Waals surface area (Å²) in [6, 6.07) is 20.2. The number of ketones is 1. The predicted octanol–water partition coefficient (Wildman–Crippen LogP) is 4.15. The number of nitrogens with one attached hydrogen (secondary N) is 5. The van der Waals surface area contributed by atoms with Crippen molar-refractivity contribution in [2.45, 2.75) is 108 Å². The summed E-state index contributed by atoms with van der Waals surface area (Å²) in [5.41, 5.74) is 1.98. The number of benzene rings is 3. The predicted molar refractivity (Wildman–Crippen MR) is 210 cm³/mol. The topological polar surface area (TPSA) is 200 Å². The third-order valence-electron chi connectivity index (χ3n) is 10.1. The summed E-state index contributed by atoms with van der Waals surface area (Å²) in [5.74, 6) is -7.86. The molecule has 1 saturated carbocycles. The Morgan fingerprint density at radius 3 is 1.72 bits per heavy atom. The number of rotatable bonds is 21. The van der Waals surface area contributed by atoms with Crippen LogP contribution in [0.2, 0.25) is 0 Å². The highest BCUT2D eigenvalue weighted by Crippen LogP contribution is 2.30. The Balaban J connectivity index is 1.60. The van der Waals surface area contributed by atoms with Gasteiger partial charge in [0.15, 0.2) is 0 Å². The molecule has 0 spiro atoms. The van der Waals surface area contributed by atoms with E-state index in [9.17, 15) is 47.4 Å². The highest BCUT2D eigenvalue weighted by molar-refractivity contribution is 6.38. The van der Waals surface area contributed by atoms with E-state index in [1.165, 1.54) is 6.92 Å². The second-order valence-corrected chi connectivity index (χ2v) is 14.5. The zero-order chi connectivity index (χ0) is 42.0. The van der Waals surface area contributed by atoms with Crippen molar-refractivity contribution >= 4 is 41.3 Å². The lowest BCUT2D eigenvalue weighted by Gasteiger charge is -2.31. The maximum absolute atomic E-state index is 14.2. The van der Waals surface area contributed by atoms with Crippen LogP contribution >= 0.6 is 0 Å². The first-order valence-corrected chi connectivity index (χ1v) is 19.5. The van der Waals surface area contributed by atoms with E-state index in [0.29, 0.717) is 29.5 Å². The first-order chi connectivity index (χ1) is 27.8. The summed E-state index contributed by atoms with van der Waals surface area (Å²) in [5, 5.41) is 22.1. The van der Waals surface area contributed by atoms with E-state index in [2.05, 4.69) is 26.6 Å². The van der Waals surface area contributed by atoms with Gasteiger partial charge >= 0.3 is 5.97 Å². The number of amides is 5. The van der Waals surface area contributed by atoms with Crippen LogP contribution in [0, 0.1) is 5.92 Å². The number of hydrogen-bond acceptors (Lipinski definition) is 7. The number of halogens is 2. The van der Waals surface area contributed by atoms with Crippen LogP contribution in [0.4, 0.5) is 8.78 Å². The van der Waals surface area contributed by atoms with Crippen molar-refractivity contribution in [1.82, 2.24) is 26.6 Å². The average molecular weight is 804 g/mol. The molecule has 1 aliphatic carbocycles. The van der Waals surface area contributed by atoms with Crippen LogP contribution in [0.5, 0.6) is 0 Å². The molecule has 0 radical (unpaired) electrons. The smallest absolute Gasteiger partial charge is 0.303 e. The van der Waals surface area contributed by atoms with Crippen molar-refractivity contribution in [3.63, 3.8) is 0 Å². The van der Waals surface area contributed by atoms with Crippen molar-refractivity contribution in [3.05, 3.63) is 108 Å². The molecule has 13 nitrogen and oxygen atoms in total. The first-order valence-electron chi connectivity index (χ1n) is 19.5. The van der Waals surface area contributed by atoms with Gasteiger partial charge in [0, 0.05) is 32.2 Å². The van der Waals surface area contributed by atoms with Crippen LogP contribution in [0.25, 0.3) is 0 Å². The van der Waals surface area contributed by atoms with Gasteiger partial charge in [-0.15, -0.1) is 0 Å². The van der Waals surface area contributed by atoms with Crippen LogP contribution in [0.15, 0.2) is 91.0 Å². The molecule has 4 rings (SSSR count). The van der Waals surface area contributed by atoms with Gasteiger partial charge < -0.3 is 31.7 Å². The lowest BCUT2D eigenvalue weighted by molar-refractivity contribution is -0.141. The number of aliphatic carboxylic acids is 1. The van der Waals surface area contributed by atoms with E-state index < -0.39 is 97.1 Å². The summed E-state index contributed by atoms with van der Waals surface area (Å²) < 4.78 is 27.5. The number of hydrogen-bond donors (Lipinski definition) is 6. The second kappa shape index (κ2) is 22.7. The van der Waals surface area contributed by atoms with Crippen molar-refractivity contribution in [1.29, 1.82) is 0 Å². The molecule has 0 heterocycles. The lowest BCUT2D eigenvalue weighted by Crippen LogP contribution is -2.59. The van der Waals surface area contributed by atoms with Gasteiger partial charge in [-0.1, -0.05) is 123 Å². The molecular formula is C43H51F2N5O8. The van der Waals surface area contributed by atoms with E-state index in [1.54, 1.807) is 91.0 Å². The molecule has 0 aliphatic heterocycles. The number of carboxylic acid groups (broad SMARTS) is 1. The lowest BCUT2D eigenvalue weighted by atomic mass is 9.84. The molecule has 1 unspecified atom stereocenters. The molecule has 0 bridgehead atoms. The first kappa shape index (κ1) is 44.7. The summed E-state index contributed by atoms with van der Waals surface area (Å²) in [7, 11) is 0. The standard InChI is InChI=1S/C43H51F2N5O8/c1-27(51)47-38(37(30-18-10-4-11-19-30)31-20-12-5-13-21-31)42(57)48-32(22-23-36(52)53)40(55)50-34(24-28-14-6-2-7-15-28)41(56)49-33(25-35(44)45)39(54)43(58)46-26-29-16-8-3-9-17-29/h3-5,8-13,16-21,28,32-35,37-38H,2,6-7,14-15,22-26H2,1H3,(H,46,58)(H,47,51)(H,48,57)(H,49,56)(H,50,55)(H,52,53)/t32-,33?,34-,38-/m0/s1. The highest BCUT2D eigenvalue weighted by atomic mass is 19.3. The highest BCUT2D eigenvalue weighted by Gasteiger charge is 2.37. The molecule has 310 valence electrons. The van der Waals surface area contributed by atoms with Crippen molar-refractivity contribution in [2.75, 3.05) is 0 Å². The van der Waals surface area contributed by atoms with Crippen LogP contribution in [0.1, 0.15) is 87.3 Å². The third-order valence-corrected chi connectivity index (χ3v) is 10.1. The Bertz CT molecular complexity index is 1810. The quantitative estimate of drug-likeness (QED) is 0.0863. The van der Waals surface area contributed by atoms with Gasteiger partial charge in [-0.2, -0.15) is 0 Å². The summed E-state index contributed by atoms with van der Waals surface area (Å²) >= 11 is 0. The molecule has 15 heteroatoms. The Kier molecular flexibility index (Phi) is 17.5. The fourth-order valence-electron chi connectivity index (χ4n) is 7.18. The zero-order valence-corrected chi connectivity index (χ0v) is 32.3. The van der Waals surface area contributed by atoms with Crippen LogP contribution in [-0.2, 0) is 40.1 Å². The van der Waals surface area contributed by atoms with Gasteiger partial charge in [0.25, 0.3) is 5.91 Å². The SMILES string of the molecule is CC(=O)N[C@H](C(=O)N[C@@H](CCC(=O)O)C(=O)N[C@@H](CC1CCCCC1)C(=O)NC(CC(F)F)C(=O)C(=O)NCc1ccccc1)C(c1ccccc1)c1ccccc1. The fourth-order valence-corrected chi connectivity index (χ4v) is 7.18. The van der Waals surface area contributed by atoms with Gasteiger partial charge in [0.1, 0.15) is 24.2 Å². The van der Waals surface area contributed by atoms with E-state index in [-0.39, 0.29) is 18.9 Å². The number of carboxylic acids is 1. The zero-order valence-electron chi connectivity index (χ0n) is 32.3. The number of carbonyl (C=O) groups excluding carboxylic acids is 6. The monoisotopic (exact) mass is 803 g/mol. The van der Waals surface area contributed by atoms with E-state index >= 15 is 0 Å². The number of Topliss-reactive ketones (excluding diaryl/α,β-unsaturated/α-hetero) is 1. The Hall–Kier alpha value is -5.99. The summed E-state index contributed by atoms with van der Waals surface area (Å²) in [4.78, 5) is 92.5. The molecule has 1 aliphatic rings. The van der Waals surface area contributed by atoms with Crippen molar-refractivity contribution in [2.24, 2.45) is 5.92 Å². The van der Waals surface area contributed by atoms with E-state index in [1.807, 2.05) is 0 Å².